The zero-order valence-electron chi connectivity index (χ0n) is 17.0. The van der Waals surface area contributed by atoms with E-state index in [0.29, 0.717) is 44.4 Å². The fraction of sp³-hybridized carbons (Fsp3) is 0.130. The van der Waals surface area contributed by atoms with Crippen LogP contribution in [0.5, 0.6) is 0 Å². The lowest BCUT2D eigenvalue weighted by atomic mass is 10.2. The van der Waals surface area contributed by atoms with Crippen LogP contribution in [0.3, 0.4) is 0 Å². The number of benzene rings is 2. The van der Waals surface area contributed by atoms with Crippen LogP contribution in [0.25, 0.3) is 32.0 Å². The van der Waals surface area contributed by atoms with Gasteiger partial charge in [0.15, 0.2) is 5.16 Å². The Morgan fingerprint density at radius 2 is 1.88 bits per heavy atom. The molecule has 0 aliphatic carbocycles. The number of halogens is 1. The minimum atomic E-state index is -0.0303. The van der Waals surface area contributed by atoms with E-state index in [1.165, 1.54) is 23.1 Å². The van der Waals surface area contributed by atoms with Crippen LogP contribution in [0.1, 0.15) is 12.8 Å². The third kappa shape index (κ3) is 4.09. The summed E-state index contributed by atoms with van der Waals surface area (Å²) in [6.45, 7) is 2.47. The van der Waals surface area contributed by atoms with E-state index in [9.17, 15) is 4.79 Å². The molecule has 6 nitrogen and oxygen atoms in total. The van der Waals surface area contributed by atoms with Gasteiger partial charge in [-0.2, -0.15) is 4.98 Å². The molecular formula is C23H17ClN4O2S2. The molecule has 0 aliphatic rings. The van der Waals surface area contributed by atoms with Gasteiger partial charge in [0.1, 0.15) is 4.70 Å². The van der Waals surface area contributed by atoms with E-state index < -0.39 is 0 Å². The Hall–Kier alpha value is -2.94. The maximum Gasteiger partial charge on any atom is 0.272 e. The Morgan fingerprint density at radius 3 is 2.66 bits per heavy atom. The van der Waals surface area contributed by atoms with Gasteiger partial charge in [-0.15, -0.1) is 11.3 Å². The van der Waals surface area contributed by atoms with Crippen LogP contribution in [0.4, 0.5) is 0 Å². The van der Waals surface area contributed by atoms with E-state index in [0.717, 1.165) is 16.0 Å². The number of hydrogen-bond donors (Lipinski definition) is 0. The van der Waals surface area contributed by atoms with E-state index in [-0.39, 0.29) is 5.56 Å². The summed E-state index contributed by atoms with van der Waals surface area (Å²) in [5.41, 5.74) is 2.54. The summed E-state index contributed by atoms with van der Waals surface area (Å²) in [6.07, 6.45) is 0. The summed E-state index contributed by atoms with van der Waals surface area (Å²) in [6, 6.07) is 19.3. The van der Waals surface area contributed by atoms with Gasteiger partial charge in [0.2, 0.25) is 11.7 Å². The standard InChI is InChI=1S/C23H17ClN4O2S2/c1-2-28-22(29)20-17(12-18(32-20)14-7-4-3-5-8-14)25-23(28)31-13-19-26-21(27-30-19)15-9-6-10-16(24)11-15/h3-12H,2,13H2,1H3. The molecule has 0 radical (unpaired) electrons. The van der Waals surface area contributed by atoms with E-state index in [2.05, 4.69) is 10.1 Å². The average Bonchev–Trinajstić information content (AvgIpc) is 3.46. The van der Waals surface area contributed by atoms with Crippen LogP contribution in [0.15, 0.2) is 75.1 Å². The number of thiophene rings is 1. The number of fused-ring (bicyclic) bond motifs is 1. The number of nitrogens with zero attached hydrogens (tertiary/aromatic N) is 4. The van der Waals surface area contributed by atoms with Crippen molar-refractivity contribution in [1.29, 1.82) is 0 Å². The van der Waals surface area contributed by atoms with Gasteiger partial charge in [-0.3, -0.25) is 9.36 Å². The first-order valence-corrected chi connectivity index (χ1v) is 12.1. The fourth-order valence-corrected chi connectivity index (χ4v) is 5.45. The van der Waals surface area contributed by atoms with Crippen molar-refractivity contribution >= 4 is 44.9 Å². The molecule has 2 aromatic carbocycles. The molecule has 5 rings (SSSR count). The third-order valence-electron chi connectivity index (χ3n) is 4.85. The Labute approximate surface area is 196 Å². The lowest BCUT2D eigenvalue weighted by Crippen LogP contribution is -2.21. The quantitative estimate of drug-likeness (QED) is 0.214. The van der Waals surface area contributed by atoms with Crippen LogP contribution in [0.2, 0.25) is 5.02 Å². The molecular weight excluding hydrogens is 464 g/mol. The highest BCUT2D eigenvalue weighted by Gasteiger charge is 2.16. The summed E-state index contributed by atoms with van der Waals surface area (Å²) < 4.78 is 7.75. The first-order valence-electron chi connectivity index (χ1n) is 9.93. The molecule has 3 aromatic heterocycles. The predicted octanol–water partition coefficient (Wildman–Crippen LogP) is 6.14. The van der Waals surface area contributed by atoms with Crippen molar-refractivity contribution in [2.75, 3.05) is 0 Å². The molecule has 32 heavy (non-hydrogen) atoms. The van der Waals surface area contributed by atoms with Gasteiger partial charge in [0, 0.05) is 22.0 Å². The van der Waals surface area contributed by atoms with Gasteiger partial charge >= 0.3 is 0 Å². The second-order valence-electron chi connectivity index (χ2n) is 6.95. The Balaban J connectivity index is 1.43. The molecule has 0 bridgehead atoms. The van der Waals surface area contributed by atoms with Gasteiger partial charge in [-0.05, 0) is 30.7 Å². The smallest absolute Gasteiger partial charge is 0.272 e. The Kier molecular flexibility index (Phi) is 5.82. The summed E-state index contributed by atoms with van der Waals surface area (Å²) in [5.74, 6) is 1.34. The summed E-state index contributed by atoms with van der Waals surface area (Å²) in [5, 5.41) is 5.28. The van der Waals surface area contributed by atoms with Gasteiger partial charge in [-0.25, -0.2) is 4.98 Å². The monoisotopic (exact) mass is 480 g/mol. The SMILES string of the molecule is CCn1c(SCc2nc(-c3cccc(Cl)c3)no2)nc2cc(-c3ccccc3)sc2c1=O. The first-order chi connectivity index (χ1) is 15.6. The van der Waals surface area contributed by atoms with Crippen LogP contribution >= 0.6 is 34.7 Å². The van der Waals surface area contributed by atoms with Crippen molar-refractivity contribution in [3.63, 3.8) is 0 Å². The Morgan fingerprint density at radius 1 is 1.06 bits per heavy atom. The molecule has 5 aromatic rings. The molecule has 0 N–H and O–H groups in total. The normalized spacial score (nSPS) is 11.3. The highest BCUT2D eigenvalue weighted by Crippen LogP contribution is 2.32. The topological polar surface area (TPSA) is 73.8 Å². The predicted molar refractivity (Wildman–Crippen MR) is 129 cm³/mol. The van der Waals surface area contributed by atoms with E-state index in [1.807, 2.05) is 55.5 Å². The van der Waals surface area contributed by atoms with E-state index in [4.69, 9.17) is 21.1 Å². The lowest BCUT2D eigenvalue weighted by molar-refractivity contribution is 0.391. The van der Waals surface area contributed by atoms with Gasteiger partial charge in [-0.1, -0.05) is 71.0 Å². The zero-order chi connectivity index (χ0) is 22.1. The maximum atomic E-state index is 13.1. The maximum absolute atomic E-state index is 13.1. The van der Waals surface area contributed by atoms with Crippen molar-refractivity contribution in [3.05, 3.63) is 81.9 Å². The minimum absolute atomic E-state index is 0.0303. The number of rotatable bonds is 6. The summed E-state index contributed by atoms with van der Waals surface area (Å²) in [7, 11) is 0. The average molecular weight is 481 g/mol. The minimum Gasteiger partial charge on any atom is -0.338 e. The van der Waals surface area contributed by atoms with E-state index >= 15 is 0 Å². The van der Waals surface area contributed by atoms with Crippen molar-refractivity contribution in [1.82, 2.24) is 19.7 Å². The van der Waals surface area contributed by atoms with E-state index in [1.54, 1.807) is 16.7 Å². The summed E-state index contributed by atoms with van der Waals surface area (Å²) >= 11 is 8.93. The molecule has 0 fully saturated rings. The molecule has 0 amide bonds. The zero-order valence-corrected chi connectivity index (χ0v) is 19.4. The molecule has 0 atom stereocenters. The molecule has 0 aliphatic heterocycles. The van der Waals surface area contributed by atoms with Gasteiger partial charge in [0.25, 0.3) is 5.56 Å². The molecule has 9 heteroatoms. The molecule has 0 saturated heterocycles. The highest BCUT2D eigenvalue weighted by molar-refractivity contribution is 7.98. The number of thioether (sulfide) groups is 1. The van der Waals surface area contributed by atoms with Crippen molar-refractivity contribution in [2.24, 2.45) is 0 Å². The number of hydrogen-bond acceptors (Lipinski definition) is 7. The second-order valence-corrected chi connectivity index (χ2v) is 9.38. The molecule has 0 saturated carbocycles. The first kappa shape index (κ1) is 20.9. The van der Waals surface area contributed by atoms with Crippen LogP contribution in [-0.2, 0) is 12.3 Å². The van der Waals surface area contributed by atoms with Crippen molar-refractivity contribution in [2.45, 2.75) is 24.4 Å². The van der Waals surface area contributed by atoms with Gasteiger partial charge < -0.3 is 4.52 Å². The fourth-order valence-electron chi connectivity index (χ4n) is 3.31. The highest BCUT2D eigenvalue weighted by atomic mass is 35.5. The molecule has 160 valence electrons. The van der Waals surface area contributed by atoms with Gasteiger partial charge in [0.05, 0.1) is 11.3 Å². The molecule has 3 heterocycles. The second kappa shape index (κ2) is 8.90. The third-order valence-corrected chi connectivity index (χ3v) is 7.21. The van der Waals surface area contributed by atoms with Crippen molar-refractivity contribution in [3.8, 4) is 21.8 Å². The lowest BCUT2D eigenvalue weighted by Gasteiger charge is -2.08. The molecule has 0 unspecified atom stereocenters. The van der Waals surface area contributed by atoms with Crippen LogP contribution in [-0.4, -0.2) is 19.7 Å². The number of aromatic nitrogens is 4. The largest absolute Gasteiger partial charge is 0.338 e. The van der Waals surface area contributed by atoms with Crippen LogP contribution < -0.4 is 5.56 Å². The summed E-state index contributed by atoms with van der Waals surface area (Å²) in [4.78, 5) is 23.4. The molecule has 0 spiro atoms. The Bertz CT molecular complexity index is 1460. The van der Waals surface area contributed by atoms with Crippen LogP contribution in [0, 0.1) is 0 Å². The van der Waals surface area contributed by atoms with Crippen molar-refractivity contribution < 1.29 is 4.52 Å².